The van der Waals surface area contributed by atoms with E-state index in [4.69, 9.17) is 0 Å². The van der Waals surface area contributed by atoms with Gasteiger partial charge in [-0.25, -0.2) is 0 Å². The summed E-state index contributed by atoms with van der Waals surface area (Å²) in [5.41, 5.74) is 4.82. The largest absolute Gasteiger partial charge is 0.352 e. The van der Waals surface area contributed by atoms with E-state index in [1.165, 1.54) is 42.5 Å². The molecular formula is C23H30N2O. The fourth-order valence-corrected chi connectivity index (χ4v) is 3.73. The number of likely N-dealkylation sites (tertiary alicyclic amines) is 1. The van der Waals surface area contributed by atoms with Crippen LogP contribution in [0.5, 0.6) is 0 Å². The van der Waals surface area contributed by atoms with Crippen LogP contribution in [-0.2, 0) is 24.3 Å². The second kappa shape index (κ2) is 9.00. The van der Waals surface area contributed by atoms with Gasteiger partial charge in [-0.15, -0.1) is 0 Å². The first-order valence-corrected chi connectivity index (χ1v) is 9.75. The predicted octanol–water partition coefficient (Wildman–Crippen LogP) is 4.23. The van der Waals surface area contributed by atoms with Gasteiger partial charge in [-0.1, -0.05) is 55.0 Å². The highest BCUT2D eigenvalue weighted by Gasteiger charge is 2.19. The molecule has 1 heterocycles. The molecule has 3 heteroatoms. The van der Waals surface area contributed by atoms with Crippen LogP contribution in [0.2, 0.25) is 0 Å². The minimum absolute atomic E-state index is 0.0837. The molecule has 138 valence electrons. The van der Waals surface area contributed by atoms with E-state index in [2.05, 4.69) is 54.4 Å². The number of piperidine rings is 1. The van der Waals surface area contributed by atoms with Crippen LogP contribution in [0.4, 0.5) is 0 Å². The Labute approximate surface area is 157 Å². The summed E-state index contributed by atoms with van der Waals surface area (Å²) >= 11 is 0. The quantitative estimate of drug-likeness (QED) is 0.846. The van der Waals surface area contributed by atoms with Crippen molar-refractivity contribution in [1.29, 1.82) is 0 Å². The Hall–Kier alpha value is -2.13. The topological polar surface area (TPSA) is 32.3 Å². The standard InChI is InChI=1S/C23H30N2O/c1-18-9-3-4-11-20(18)15-23(26)24-16-21-12-5-6-13-22(21)17-25-14-8-7-10-19(25)2/h3-6,9,11-13,19H,7-8,10,14-17H2,1-2H3,(H,24,26). The molecule has 1 unspecified atom stereocenters. The maximum atomic E-state index is 12.4. The predicted molar refractivity (Wildman–Crippen MR) is 107 cm³/mol. The molecule has 1 amide bonds. The molecule has 2 aromatic rings. The van der Waals surface area contributed by atoms with Crippen molar-refractivity contribution in [2.45, 2.75) is 58.7 Å². The number of rotatable bonds is 6. The minimum atomic E-state index is 0.0837. The van der Waals surface area contributed by atoms with Gasteiger partial charge in [0.25, 0.3) is 0 Å². The number of amides is 1. The molecule has 0 radical (unpaired) electrons. The Bertz CT molecular complexity index is 740. The molecule has 1 N–H and O–H groups in total. The highest BCUT2D eigenvalue weighted by Crippen LogP contribution is 2.20. The van der Waals surface area contributed by atoms with Crippen LogP contribution in [-0.4, -0.2) is 23.4 Å². The molecule has 26 heavy (non-hydrogen) atoms. The van der Waals surface area contributed by atoms with E-state index in [-0.39, 0.29) is 5.91 Å². The molecule has 0 aromatic heterocycles. The number of benzene rings is 2. The summed E-state index contributed by atoms with van der Waals surface area (Å²) in [7, 11) is 0. The maximum Gasteiger partial charge on any atom is 0.224 e. The summed E-state index contributed by atoms with van der Waals surface area (Å²) in [6, 6.07) is 17.2. The summed E-state index contributed by atoms with van der Waals surface area (Å²) in [6.45, 7) is 7.13. The van der Waals surface area contributed by atoms with Gasteiger partial charge in [0.1, 0.15) is 0 Å². The lowest BCUT2D eigenvalue weighted by molar-refractivity contribution is -0.120. The highest BCUT2D eigenvalue weighted by atomic mass is 16.1. The van der Waals surface area contributed by atoms with Crippen LogP contribution < -0.4 is 5.32 Å². The molecule has 3 rings (SSSR count). The molecule has 0 aliphatic carbocycles. The van der Waals surface area contributed by atoms with Gasteiger partial charge in [0.05, 0.1) is 6.42 Å². The van der Waals surface area contributed by atoms with Gasteiger partial charge >= 0.3 is 0 Å². The number of carbonyl (C=O) groups is 1. The number of nitrogens with one attached hydrogen (secondary N) is 1. The molecule has 2 aromatic carbocycles. The number of nitrogens with zero attached hydrogens (tertiary/aromatic N) is 1. The van der Waals surface area contributed by atoms with E-state index in [9.17, 15) is 4.79 Å². The van der Waals surface area contributed by atoms with Crippen molar-refractivity contribution in [3.8, 4) is 0 Å². The molecule has 1 aliphatic heterocycles. The van der Waals surface area contributed by atoms with Crippen LogP contribution in [0.15, 0.2) is 48.5 Å². The van der Waals surface area contributed by atoms with Gasteiger partial charge in [-0.05, 0) is 55.5 Å². The third kappa shape index (κ3) is 4.95. The first kappa shape index (κ1) is 18.7. The number of hydrogen-bond donors (Lipinski definition) is 1. The molecular weight excluding hydrogens is 320 g/mol. The Morgan fingerprint density at radius 2 is 1.73 bits per heavy atom. The van der Waals surface area contributed by atoms with Crippen molar-refractivity contribution in [3.05, 3.63) is 70.8 Å². The fourth-order valence-electron chi connectivity index (χ4n) is 3.73. The van der Waals surface area contributed by atoms with E-state index < -0.39 is 0 Å². The minimum Gasteiger partial charge on any atom is -0.352 e. The lowest BCUT2D eigenvalue weighted by Crippen LogP contribution is -2.37. The second-order valence-corrected chi connectivity index (χ2v) is 7.46. The van der Waals surface area contributed by atoms with Gasteiger partial charge in [0.2, 0.25) is 5.91 Å². The first-order chi connectivity index (χ1) is 12.6. The summed E-state index contributed by atoms with van der Waals surface area (Å²) in [5, 5.41) is 3.11. The molecule has 1 aliphatic rings. The van der Waals surface area contributed by atoms with E-state index in [0.29, 0.717) is 19.0 Å². The smallest absolute Gasteiger partial charge is 0.224 e. The average molecular weight is 351 g/mol. The molecule has 0 spiro atoms. The van der Waals surface area contributed by atoms with Crippen molar-refractivity contribution in [2.75, 3.05) is 6.54 Å². The lowest BCUT2D eigenvalue weighted by Gasteiger charge is -2.33. The van der Waals surface area contributed by atoms with Gasteiger partial charge in [-0.2, -0.15) is 0 Å². The van der Waals surface area contributed by atoms with Crippen LogP contribution in [0, 0.1) is 6.92 Å². The van der Waals surface area contributed by atoms with E-state index in [1.54, 1.807) is 0 Å². The molecule has 3 nitrogen and oxygen atoms in total. The van der Waals surface area contributed by atoms with Gasteiger partial charge < -0.3 is 5.32 Å². The van der Waals surface area contributed by atoms with Crippen molar-refractivity contribution in [1.82, 2.24) is 10.2 Å². The second-order valence-electron chi connectivity index (χ2n) is 7.46. The molecule has 0 saturated carbocycles. The van der Waals surface area contributed by atoms with Crippen LogP contribution in [0.3, 0.4) is 0 Å². The van der Waals surface area contributed by atoms with Crippen LogP contribution in [0.25, 0.3) is 0 Å². The van der Waals surface area contributed by atoms with Crippen molar-refractivity contribution < 1.29 is 4.79 Å². The van der Waals surface area contributed by atoms with Gasteiger partial charge in [0.15, 0.2) is 0 Å². The maximum absolute atomic E-state index is 12.4. The summed E-state index contributed by atoms with van der Waals surface area (Å²) in [6.07, 6.45) is 4.36. The third-order valence-corrected chi connectivity index (χ3v) is 5.52. The zero-order valence-corrected chi connectivity index (χ0v) is 16.0. The number of hydrogen-bond acceptors (Lipinski definition) is 2. The highest BCUT2D eigenvalue weighted by molar-refractivity contribution is 5.78. The van der Waals surface area contributed by atoms with Gasteiger partial charge in [-0.3, -0.25) is 9.69 Å². The Balaban J connectivity index is 1.59. The monoisotopic (exact) mass is 350 g/mol. The van der Waals surface area contributed by atoms with E-state index >= 15 is 0 Å². The Morgan fingerprint density at radius 3 is 2.46 bits per heavy atom. The van der Waals surface area contributed by atoms with Crippen LogP contribution >= 0.6 is 0 Å². The van der Waals surface area contributed by atoms with Gasteiger partial charge in [0, 0.05) is 19.1 Å². The SMILES string of the molecule is Cc1ccccc1CC(=O)NCc1ccccc1CN1CCCCC1C. The van der Waals surface area contributed by atoms with Crippen molar-refractivity contribution in [3.63, 3.8) is 0 Å². The lowest BCUT2D eigenvalue weighted by atomic mass is 10.0. The van der Waals surface area contributed by atoms with Crippen molar-refractivity contribution in [2.24, 2.45) is 0 Å². The van der Waals surface area contributed by atoms with Crippen LogP contribution in [0.1, 0.15) is 48.4 Å². The van der Waals surface area contributed by atoms with E-state index in [0.717, 1.165) is 12.1 Å². The van der Waals surface area contributed by atoms with Crippen molar-refractivity contribution >= 4 is 5.91 Å². The summed E-state index contributed by atoms with van der Waals surface area (Å²) in [4.78, 5) is 14.9. The average Bonchev–Trinajstić information content (AvgIpc) is 2.65. The first-order valence-electron chi connectivity index (χ1n) is 9.75. The number of aryl methyl sites for hydroxylation is 1. The Kier molecular flexibility index (Phi) is 6.45. The molecule has 1 saturated heterocycles. The third-order valence-electron chi connectivity index (χ3n) is 5.52. The summed E-state index contributed by atoms with van der Waals surface area (Å²) < 4.78 is 0. The Morgan fingerprint density at radius 1 is 1.04 bits per heavy atom. The zero-order chi connectivity index (χ0) is 18.4. The molecule has 1 atom stereocenters. The molecule has 1 fully saturated rings. The fraction of sp³-hybridized carbons (Fsp3) is 0.435. The molecule has 0 bridgehead atoms. The zero-order valence-electron chi connectivity index (χ0n) is 16.0. The summed E-state index contributed by atoms with van der Waals surface area (Å²) in [5.74, 6) is 0.0837. The number of carbonyl (C=O) groups excluding carboxylic acids is 1. The van der Waals surface area contributed by atoms with E-state index in [1.807, 2.05) is 18.2 Å². The normalized spacial score (nSPS) is 17.8.